The van der Waals surface area contributed by atoms with E-state index in [-0.39, 0.29) is 6.10 Å². The van der Waals surface area contributed by atoms with Crippen molar-refractivity contribution in [2.75, 3.05) is 0 Å². The van der Waals surface area contributed by atoms with Gasteiger partial charge in [-0.1, -0.05) is 65.3 Å². The van der Waals surface area contributed by atoms with E-state index in [2.05, 4.69) is 59.8 Å². The van der Waals surface area contributed by atoms with Crippen LogP contribution in [0.3, 0.4) is 0 Å². The Morgan fingerprint density at radius 3 is 2.48 bits per heavy atom. The smallest absolute Gasteiger partial charge is 0.293 e. The van der Waals surface area contributed by atoms with Gasteiger partial charge in [-0.15, -0.1) is 0 Å². The molecule has 0 saturated heterocycles. The van der Waals surface area contributed by atoms with Gasteiger partial charge >= 0.3 is 0 Å². The lowest BCUT2D eigenvalue weighted by atomic mass is 9.47. The van der Waals surface area contributed by atoms with Crippen LogP contribution in [0.2, 0.25) is 0 Å². The number of carbonyl (C=O) groups is 1. The average Bonchev–Trinajstić information content (AvgIpc) is 3.09. The molecule has 3 saturated carbocycles. The van der Waals surface area contributed by atoms with Crippen molar-refractivity contribution in [2.24, 2.45) is 52.3 Å². The van der Waals surface area contributed by atoms with E-state index in [1.165, 1.54) is 38.5 Å². The molecule has 3 fully saturated rings. The summed E-state index contributed by atoms with van der Waals surface area (Å²) in [6, 6.07) is 0. The fourth-order valence-corrected chi connectivity index (χ4v) is 8.43. The minimum atomic E-state index is 0.110. The molecule has 4 aliphatic carbocycles. The second kappa shape index (κ2) is 8.71. The van der Waals surface area contributed by atoms with Crippen LogP contribution in [0, 0.1) is 52.3 Å². The molecule has 2 nitrogen and oxygen atoms in total. The Bertz CT molecular complexity index is 720. The molecular formula is C29H46O2. The molecule has 2 heteroatoms. The first-order valence-corrected chi connectivity index (χ1v) is 13.2. The maximum absolute atomic E-state index is 10.9. The molecule has 0 aromatic heterocycles. The lowest BCUT2D eigenvalue weighted by Gasteiger charge is -2.58. The Hall–Kier alpha value is -1.05. The molecule has 0 amide bonds. The van der Waals surface area contributed by atoms with E-state index in [1.54, 1.807) is 5.57 Å². The molecule has 9 unspecified atom stereocenters. The highest BCUT2D eigenvalue weighted by molar-refractivity contribution is 5.38. The Morgan fingerprint density at radius 2 is 1.77 bits per heavy atom. The van der Waals surface area contributed by atoms with Gasteiger partial charge in [-0.2, -0.15) is 0 Å². The fraction of sp³-hybridized carbons (Fsp3) is 0.828. The third-order valence-corrected chi connectivity index (χ3v) is 10.8. The highest BCUT2D eigenvalue weighted by Crippen LogP contribution is 2.67. The summed E-state index contributed by atoms with van der Waals surface area (Å²) in [6.07, 6.45) is 17.8. The number of rotatable bonds is 6. The summed E-state index contributed by atoms with van der Waals surface area (Å²) in [5.41, 5.74) is 2.44. The minimum absolute atomic E-state index is 0.110. The quantitative estimate of drug-likeness (QED) is 0.323. The van der Waals surface area contributed by atoms with Gasteiger partial charge in [0.1, 0.15) is 6.10 Å². The van der Waals surface area contributed by atoms with Gasteiger partial charge in [0.2, 0.25) is 0 Å². The van der Waals surface area contributed by atoms with Crippen molar-refractivity contribution < 1.29 is 9.53 Å². The molecule has 0 radical (unpaired) electrons. The first kappa shape index (κ1) is 23.1. The van der Waals surface area contributed by atoms with Crippen LogP contribution in [-0.2, 0) is 9.53 Å². The monoisotopic (exact) mass is 426 g/mol. The fourth-order valence-electron chi connectivity index (χ4n) is 8.43. The summed E-state index contributed by atoms with van der Waals surface area (Å²) in [6.45, 7) is 15.4. The van der Waals surface area contributed by atoms with Gasteiger partial charge in [-0.3, -0.25) is 4.79 Å². The van der Waals surface area contributed by atoms with Crippen LogP contribution in [0.5, 0.6) is 0 Å². The molecule has 0 aromatic rings. The van der Waals surface area contributed by atoms with Gasteiger partial charge in [-0.05, 0) is 97.2 Å². The lowest BCUT2D eigenvalue weighted by molar-refractivity contribution is -0.136. The molecular weight excluding hydrogens is 380 g/mol. The number of hydrogen-bond donors (Lipinski definition) is 0. The van der Waals surface area contributed by atoms with Crippen molar-refractivity contribution in [3.05, 3.63) is 23.8 Å². The van der Waals surface area contributed by atoms with E-state index >= 15 is 0 Å². The third kappa shape index (κ3) is 3.95. The SMILES string of the molecule is CC(C)C(C)/C=C/C(C)C1CCC2C3CC=C4CC(OC=O)CCC4(C)C3CCC12C. The molecule has 9 atom stereocenters. The Kier molecular flexibility index (Phi) is 6.50. The molecule has 4 rings (SSSR count). The molecule has 0 heterocycles. The average molecular weight is 427 g/mol. The second-order valence-electron chi connectivity index (χ2n) is 12.4. The second-order valence-corrected chi connectivity index (χ2v) is 12.4. The maximum atomic E-state index is 10.9. The predicted octanol–water partition coefficient (Wildman–Crippen LogP) is 7.59. The summed E-state index contributed by atoms with van der Waals surface area (Å²) in [5, 5.41) is 0. The predicted molar refractivity (Wildman–Crippen MR) is 128 cm³/mol. The third-order valence-electron chi connectivity index (χ3n) is 10.8. The molecule has 0 bridgehead atoms. The van der Waals surface area contributed by atoms with Crippen LogP contribution in [0.4, 0.5) is 0 Å². The normalized spacial score (nSPS) is 44.2. The molecule has 174 valence electrons. The zero-order valence-electron chi connectivity index (χ0n) is 20.9. The first-order valence-electron chi connectivity index (χ1n) is 13.2. The Morgan fingerprint density at radius 1 is 1.00 bits per heavy atom. The topological polar surface area (TPSA) is 26.3 Å². The van der Waals surface area contributed by atoms with Crippen molar-refractivity contribution in [1.29, 1.82) is 0 Å². The van der Waals surface area contributed by atoms with E-state index in [4.69, 9.17) is 4.74 Å². The molecule has 0 aliphatic heterocycles. The molecule has 0 aromatic carbocycles. The summed E-state index contributed by atoms with van der Waals surface area (Å²) < 4.78 is 5.37. The minimum Gasteiger partial charge on any atom is -0.464 e. The summed E-state index contributed by atoms with van der Waals surface area (Å²) in [7, 11) is 0. The van der Waals surface area contributed by atoms with Gasteiger partial charge in [0, 0.05) is 6.42 Å². The number of fused-ring (bicyclic) bond motifs is 5. The standard InChI is InChI=1S/C29H46O2/c1-19(2)20(3)7-8-21(4)25-11-12-26-24-10-9-22-17-23(31-18-30)13-15-28(22,5)27(24)14-16-29(25,26)6/h7-9,18-21,23-27H,10-17H2,1-6H3/b8-7+. The van der Waals surface area contributed by atoms with Crippen LogP contribution in [0.1, 0.15) is 92.9 Å². The first-order chi connectivity index (χ1) is 14.7. The summed E-state index contributed by atoms with van der Waals surface area (Å²) in [4.78, 5) is 10.9. The largest absolute Gasteiger partial charge is 0.464 e. The van der Waals surface area contributed by atoms with E-state index < -0.39 is 0 Å². The van der Waals surface area contributed by atoms with Gasteiger partial charge < -0.3 is 4.74 Å². The summed E-state index contributed by atoms with van der Waals surface area (Å²) in [5.74, 6) is 5.48. The summed E-state index contributed by atoms with van der Waals surface area (Å²) >= 11 is 0. The number of carbonyl (C=O) groups excluding carboxylic acids is 1. The molecule has 31 heavy (non-hydrogen) atoms. The van der Waals surface area contributed by atoms with Crippen molar-refractivity contribution in [2.45, 2.75) is 99.0 Å². The van der Waals surface area contributed by atoms with Gasteiger partial charge in [0.25, 0.3) is 6.47 Å². The van der Waals surface area contributed by atoms with Crippen molar-refractivity contribution >= 4 is 6.47 Å². The highest BCUT2D eigenvalue weighted by atomic mass is 16.5. The zero-order valence-corrected chi connectivity index (χ0v) is 20.9. The van der Waals surface area contributed by atoms with Gasteiger partial charge in [0.05, 0.1) is 0 Å². The van der Waals surface area contributed by atoms with E-state index in [1.807, 2.05) is 0 Å². The molecule has 0 N–H and O–H groups in total. The van der Waals surface area contributed by atoms with Crippen LogP contribution in [0.15, 0.2) is 23.8 Å². The van der Waals surface area contributed by atoms with E-state index in [9.17, 15) is 4.79 Å². The zero-order chi connectivity index (χ0) is 22.4. The van der Waals surface area contributed by atoms with Crippen molar-refractivity contribution in [3.63, 3.8) is 0 Å². The Labute approximate surface area is 191 Å². The lowest BCUT2D eigenvalue weighted by Crippen LogP contribution is -2.50. The van der Waals surface area contributed by atoms with Crippen LogP contribution < -0.4 is 0 Å². The highest BCUT2D eigenvalue weighted by Gasteiger charge is 2.59. The van der Waals surface area contributed by atoms with Crippen molar-refractivity contribution in [3.8, 4) is 0 Å². The Balaban J connectivity index is 1.51. The van der Waals surface area contributed by atoms with Crippen LogP contribution >= 0.6 is 0 Å². The van der Waals surface area contributed by atoms with E-state index in [0.29, 0.717) is 29.1 Å². The van der Waals surface area contributed by atoms with E-state index in [0.717, 1.165) is 42.4 Å². The van der Waals surface area contributed by atoms with Crippen molar-refractivity contribution in [1.82, 2.24) is 0 Å². The van der Waals surface area contributed by atoms with Gasteiger partial charge in [0.15, 0.2) is 0 Å². The maximum Gasteiger partial charge on any atom is 0.293 e. The molecule has 0 spiro atoms. The van der Waals surface area contributed by atoms with Gasteiger partial charge in [-0.25, -0.2) is 0 Å². The number of allylic oxidation sites excluding steroid dienone is 3. The van der Waals surface area contributed by atoms with Crippen LogP contribution in [0.25, 0.3) is 0 Å². The van der Waals surface area contributed by atoms with Crippen LogP contribution in [-0.4, -0.2) is 12.6 Å². The number of hydrogen-bond acceptors (Lipinski definition) is 2. The number of ether oxygens (including phenoxy) is 1. The molecule has 4 aliphatic rings.